The lowest BCUT2D eigenvalue weighted by molar-refractivity contribution is 0.122. The summed E-state index contributed by atoms with van der Waals surface area (Å²) in [6, 6.07) is 5.43. The van der Waals surface area contributed by atoms with Crippen LogP contribution in [0.1, 0.15) is 26.3 Å². The van der Waals surface area contributed by atoms with Gasteiger partial charge in [0.05, 0.1) is 15.9 Å². The summed E-state index contributed by atoms with van der Waals surface area (Å²) in [5.74, 6) is -2.08. The van der Waals surface area contributed by atoms with Crippen LogP contribution >= 0.6 is 27.3 Å². The van der Waals surface area contributed by atoms with Gasteiger partial charge in [-0.2, -0.15) is 12.8 Å². The lowest BCUT2D eigenvalue weighted by atomic mass is 9.96. The molecule has 172 valence electrons. The van der Waals surface area contributed by atoms with E-state index in [0.29, 0.717) is 7.76 Å². The number of nitrogens with zero attached hydrogens (tertiary/aromatic N) is 3. The number of hydrogen-bond donors (Lipinski definition) is 1. The maximum Gasteiger partial charge on any atom is 0.407 e. The molecule has 12 heteroatoms. The summed E-state index contributed by atoms with van der Waals surface area (Å²) in [6.07, 6.45) is 0.871. The van der Waals surface area contributed by atoms with Gasteiger partial charge in [-0.1, -0.05) is 20.8 Å². The highest BCUT2D eigenvalue weighted by Gasteiger charge is 2.31. The maximum atomic E-state index is 15.6. The van der Waals surface area contributed by atoms with Crippen molar-refractivity contribution in [1.29, 1.82) is 0 Å². The van der Waals surface area contributed by atoms with E-state index in [9.17, 15) is 22.7 Å². The highest BCUT2D eigenvalue weighted by molar-refractivity contribution is 9.11. The van der Waals surface area contributed by atoms with Crippen molar-refractivity contribution in [2.75, 3.05) is 6.54 Å². The number of hydrogen-bond acceptors (Lipinski definition) is 5. The molecule has 0 fully saturated rings. The third kappa shape index (κ3) is 5.02. The number of carboxylic acid groups (broad SMARTS) is 1. The van der Waals surface area contributed by atoms with Crippen LogP contribution in [0.25, 0.3) is 11.3 Å². The molecule has 0 aliphatic heterocycles. The number of aromatic nitrogens is 2. The number of thiophene rings is 1. The van der Waals surface area contributed by atoms with Gasteiger partial charge in [-0.15, -0.1) is 11.3 Å². The summed E-state index contributed by atoms with van der Waals surface area (Å²) >= 11 is 4.11. The van der Waals surface area contributed by atoms with Crippen molar-refractivity contribution < 1.29 is 27.1 Å². The molecule has 3 rings (SSSR count). The van der Waals surface area contributed by atoms with Gasteiger partial charge in [-0.25, -0.2) is 18.1 Å². The molecule has 1 N–H and O–H groups in total. The highest BCUT2D eigenvalue weighted by atomic mass is 79.9. The standard InChI is InChI=1S/C20H20BrF2N3O4S2/c1-20(2,3)11-25(19(27)28)9-12-10-26(32(29,30)15-7-6-14(21)31-15)17(16(12)22)13-5-4-8-24-18(13)23/h4-8,10H,9,11H2,1-3H3,(H,27,28). The van der Waals surface area contributed by atoms with Crippen LogP contribution in [-0.2, 0) is 16.6 Å². The fraction of sp³-hybridized carbons (Fsp3) is 0.300. The van der Waals surface area contributed by atoms with Crippen LogP contribution in [0.5, 0.6) is 0 Å². The first-order valence-electron chi connectivity index (χ1n) is 9.30. The van der Waals surface area contributed by atoms with Crippen molar-refractivity contribution in [3.63, 3.8) is 0 Å². The maximum absolute atomic E-state index is 15.6. The smallest absolute Gasteiger partial charge is 0.407 e. The Kier molecular flexibility index (Phi) is 6.78. The van der Waals surface area contributed by atoms with E-state index in [1.165, 1.54) is 24.3 Å². The van der Waals surface area contributed by atoms with Crippen LogP contribution in [0.3, 0.4) is 0 Å². The highest BCUT2D eigenvalue weighted by Crippen LogP contribution is 2.35. The van der Waals surface area contributed by atoms with Crippen molar-refractivity contribution in [3.8, 4) is 11.3 Å². The molecule has 1 amide bonds. The van der Waals surface area contributed by atoms with Gasteiger partial charge in [0, 0.05) is 24.5 Å². The summed E-state index contributed by atoms with van der Waals surface area (Å²) < 4.78 is 57.7. The van der Waals surface area contributed by atoms with E-state index in [-0.39, 0.29) is 21.9 Å². The fourth-order valence-electron chi connectivity index (χ4n) is 3.11. The number of rotatable bonds is 6. The van der Waals surface area contributed by atoms with Crippen LogP contribution < -0.4 is 0 Å². The largest absolute Gasteiger partial charge is 0.465 e. The molecule has 32 heavy (non-hydrogen) atoms. The minimum Gasteiger partial charge on any atom is -0.465 e. The molecule has 0 atom stereocenters. The zero-order chi connectivity index (χ0) is 23.8. The first kappa shape index (κ1) is 24.3. The molecule has 0 aliphatic carbocycles. The van der Waals surface area contributed by atoms with Crippen molar-refractivity contribution in [1.82, 2.24) is 13.9 Å². The predicted octanol–water partition coefficient (Wildman–Crippen LogP) is 5.42. The molecule has 0 saturated heterocycles. The van der Waals surface area contributed by atoms with Crippen LogP contribution in [0.4, 0.5) is 13.6 Å². The molecule has 3 heterocycles. The normalized spacial score (nSPS) is 12.2. The molecule has 0 aromatic carbocycles. The van der Waals surface area contributed by atoms with E-state index in [0.717, 1.165) is 28.6 Å². The fourth-order valence-corrected chi connectivity index (χ4v) is 6.60. The Bertz CT molecular complexity index is 1270. The summed E-state index contributed by atoms with van der Waals surface area (Å²) in [5.41, 5.74) is -1.52. The number of halogens is 3. The first-order chi connectivity index (χ1) is 14.8. The second-order valence-electron chi connectivity index (χ2n) is 8.22. The lowest BCUT2D eigenvalue weighted by Crippen LogP contribution is -2.36. The van der Waals surface area contributed by atoms with Crippen molar-refractivity contribution >= 4 is 43.4 Å². The third-order valence-corrected chi connectivity index (χ3v) is 8.11. The van der Waals surface area contributed by atoms with Crippen molar-refractivity contribution in [2.24, 2.45) is 5.41 Å². The van der Waals surface area contributed by atoms with E-state index >= 15 is 4.39 Å². The molecule has 3 aromatic rings. The molecular formula is C20H20BrF2N3O4S2. The van der Waals surface area contributed by atoms with Gasteiger partial charge in [0.15, 0.2) is 5.82 Å². The Morgan fingerprint density at radius 3 is 2.50 bits per heavy atom. The molecule has 0 saturated carbocycles. The minimum atomic E-state index is -4.30. The lowest BCUT2D eigenvalue weighted by Gasteiger charge is -2.27. The average molecular weight is 548 g/mol. The molecule has 0 aliphatic rings. The summed E-state index contributed by atoms with van der Waals surface area (Å²) in [7, 11) is -4.30. The Morgan fingerprint density at radius 2 is 1.97 bits per heavy atom. The minimum absolute atomic E-state index is 0.0775. The number of carbonyl (C=O) groups is 1. The van der Waals surface area contributed by atoms with Crippen LogP contribution in [-0.4, -0.2) is 40.0 Å². The zero-order valence-corrected chi connectivity index (χ0v) is 20.6. The van der Waals surface area contributed by atoms with E-state index in [1.807, 2.05) is 20.8 Å². The van der Waals surface area contributed by atoms with Gasteiger partial charge < -0.3 is 10.0 Å². The predicted molar refractivity (Wildman–Crippen MR) is 120 cm³/mol. The monoisotopic (exact) mass is 547 g/mol. The van der Waals surface area contributed by atoms with E-state index in [1.54, 1.807) is 0 Å². The van der Waals surface area contributed by atoms with Crippen molar-refractivity contribution in [2.45, 2.75) is 31.5 Å². The van der Waals surface area contributed by atoms with Gasteiger partial charge in [0.25, 0.3) is 10.0 Å². The van der Waals surface area contributed by atoms with E-state index in [4.69, 9.17) is 0 Å². The second-order valence-corrected chi connectivity index (χ2v) is 12.7. The van der Waals surface area contributed by atoms with Gasteiger partial charge >= 0.3 is 6.09 Å². The molecular weight excluding hydrogens is 528 g/mol. The Hall–Kier alpha value is -2.31. The van der Waals surface area contributed by atoms with Gasteiger partial charge in [0.2, 0.25) is 5.95 Å². The topological polar surface area (TPSA) is 92.5 Å². The number of pyridine rings is 1. The van der Waals surface area contributed by atoms with E-state index in [2.05, 4.69) is 20.9 Å². The Labute approximate surface area is 196 Å². The SMILES string of the molecule is CC(C)(C)CN(Cc1cn(S(=O)(=O)c2ccc(Br)s2)c(-c2cccnc2F)c1F)C(=O)O. The van der Waals surface area contributed by atoms with E-state index < -0.39 is 45.5 Å². The molecule has 3 aromatic heterocycles. The van der Waals surface area contributed by atoms with Crippen LogP contribution in [0.2, 0.25) is 0 Å². The van der Waals surface area contributed by atoms with Gasteiger partial charge in [0.1, 0.15) is 9.90 Å². The number of amides is 1. The van der Waals surface area contributed by atoms with Crippen LogP contribution in [0.15, 0.2) is 44.7 Å². The zero-order valence-electron chi connectivity index (χ0n) is 17.3. The second kappa shape index (κ2) is 8.91. The first-order valence-corrected chi connectivity index (χ1v) is 12.4. The summed E-state index contributed by atoms with van der Waals surface area (Å²) in [6.45, 7) is 5.12. The van der Waals surface area contributed by atoms with Gasteiger partial charge in [-0.3, -0.25) is 0 Å². The van der Waals surface area contributed by atoms with Crippen LogP contribution in [0, 0.1) is 17.2 Å². The quantitative estimate of drug-likeness (QED) is 0.416. The Morgan fingerprint density at radius 1 is 1.28 bits per heavy atom. The molecule has 7 nitrogen and oxygen atoms in total. The molecule has 0 unspecified atom stereocenters. The Balaban J connectivity index is 2.21. The van der Waals surface area contributed by atoms with Gasteiger partial charge in [-0.05, 0) is 45.6 Å². The molecule has 0 radical (unpaired) electrons. The third-order valence-electron chi connectivity index (χ3n) is 4.36. The molecule has 0 spiro atoms. The average Bonchev–Trinajstić information content (AvgIpc) is 3.25. The van der Waals surface area contributed by atoms with Crippen molar-refractivity contribution in [3.05, 3.63) is 57.8 Å². The summed E-state index contributed by atoms with van der Waals surface area (Å²) in [4.78, 5) is 16.2. The molecule has 0 bridgehead atoms. The summed E-state index contributed by atoms with van der Waals surface area (Å²) in [5, 5.41) is 9.57.